The van der Waals surface area contributed by atoms with E-state index < -0.39 is 5.82 Å². The molecule has 1 heterocycles. The first-order valence-electron chi connectivity index (χ1n) is 11.9. The van der Waals surface area contributed by atoms with Crippen molar-refractivity contribution >= 4 is 29.1 Å². The van der Waals surface area contributed by atoms with Gasteiger partial charge in [0.15, 0.2) is 0 Å². The molecule has 0 unspecified atom stereocenters. The van der Waals surface area contributed by atoms with Crippen LogP contribution < -0.4 is 10.2 Å². The van der Waals surface area contributed by atoms with Gasteiger partial charge in [0.25, 0.3) is 11.8 Å². The number of carbonyl (C=O) groups excluding carboxylic acids is 3. The molecule has 1 saturated carbocycles. The van der Waals surface area contributed by atoms with Crippen molar-refractivity contribution in [1.29, 1.82) is 0 Å². The summed E-state index contributed by atoms with van der Waals surface area (Å²) in [6.45, 7) is 7.09. The van der Waals surface area contributed by atoms with E-state index in [4.69, 9.17) is 0 Å². The number of hydrogen-bond donors (Lipinski definition) is 1. The first-order chi connectivity index (χ1) is 16.4. The van der Waals surface area contributed by atoms with Crippen molar-refractivity contribution < 1.29 is 18.8 Å². The lowest BCUT2D eigenvalue weighted by molar-refractivity contribution is -0.117. The molecule has 0 aromatic heterocycles. The number of hydrogen-bond acceptors (Lipinski definition) is 4. The topological polar surface area (TPSA) is 73.0 Å². The number of nitrogens with one attached hydrogen (secondary N) is 1. The summed E-state index contributed by atoms with van der Waals surface area (Å²) in [5, 5.41) is 2.94. The van der Waals surface area contributed by atoms with Crippen LogP contribution in [-0.2, 0) is 4.79 Å². The lowest BCUT2D eigenvalue weighted by Crippen LogP contribution is -2.49. The molecule has 1 N–H and O–H groups in total. The molecule has 1 aliphatic heterocycles. The third-order valence-electron chi connectivity index (χ3n) is 6.47. The van der Waals surface area contributed by atoms with Gasteiger partial charge in [0.2, 0.25) is 5.91 Å². The fourth-order valence-corrected chi connectivity index (χ4v) is 4.29. The summed E-state index contributed by atoms with van der Waals surface area (Å²) in [7, 11) is 0. The second-order valence-electron chi connectivity index (χ2n) is 8.76. The van der Waals surface area contributed by atoms with Crippen molar-refractivity contribution in [3.05, 3.63) is 59.4 Å². The third-order valence-corrected chi connectivity index (χ3v) is 6.47. The van der Waals surface area contributed by atoms with Crippen LogP contribution in [0.4, 0.5) is 15.8 Å². The largest absolute Gasteiger partial charge is 0.367 e. The average molecular weight is 467 g/mol. The SMILES string of the molecule is CCN(CC)C(=O)c1cc(NC(=O)C2CC2)ccc1N1CCN(C(=O)c2cccc(F)c2)CC1. The van der Waals surface area contributed by atoms with Crippen molar-refractivity contribution in [1.82, 2.24) is 9.80 Å². The first kappa shape index (κ1) is 23.7. The number of rotatable bonds is 7. The van der Waals surface area contributed by atoms with E-state index in [1.54, 1.807) is 21.9 Å². The second-order valence-corrected chi connectivity index (χ2v) is 8.76. The number of amides is 3. The van der Waals surface area contributed by atoms with E-state index in [0.29, 0.717) is 56.1 Å². The molecule has 7 nitrogen and oxygen atoms in total. The van der Waals surface area contributed by atoms with Gasteiger partial charge in [-0.05, 0) is 63.1 Å². The summed E-state index contributed by atoms with van der Waals surface area (Å²) in [6.07, 6.45) is 1.82. The van der Waals surface area contributed by atoms with Crippen LogP contribution in [0.2, 0.25) is 0 Å². The van der Waals surface area contributed by atoms with Crippen LogP contribution in [0.3, 0.4) is 0 Å². The Morgan fingerprint density at radius 1 is 1.00 bits per heavy atom. The van der Waals surface area contributed by atoms with Gasteiger partial charge in [-0.1, -0.05) is 6.07 Å². The van der Waals surface area contributed by atoms with E-state index in [-0.39, 0.29) is 23.6 Å². The molecule has 180 valence electrons. The van der Waals surface area contributed by atoms with E-state index in [2.05, 4.69) is 10.2 Å². The van der Waals surface area contributed by atoms with Crippen LogP contribution in [0.15, 0.2) is 42.5 Å². The van der Waals surface area contributed by atoms with E-state index >= 15 is 0 Å². The average Bonchev–Trinajstić information content (AvgIpc) is 3.70. The second kappa shape index (κ2) is 10.2. The summed E-state index contributed by atoms with van der Waals surface area (Å²) < 4.78 is 13.5. The number of benzene rings is 2. The summed E-state index contributed by atoms with van der Waals surface area (Å²) in [6, 6.07) is 11.2. The molecule has 0 atom stereocenters. The highest BCUT2D eigenvalue weighted by Crippen LogP contribution is 2.32. The van der Waals surface area contributed by atoms with Crippen molar-refractivity contribution in [3.63, 3.8) is 0 Å². The molecule has 0 bridgehead atoms. The molecular formula is C26H31FN4O3. The Bertz CT molecular complexity index is 1070. The molecule has 34 heavy (non-hydrogen) atoms. The highest BCUT2D eigenvalue weighted by molar-refractivity contribution is 6.02. The summed E-state index contributed by atoms with van der Waals surface area (Å²) in [4.78, 5) is 43.9. The molecule has 0 spiro atoms. The van der Waals surface area contributed by atoms with Crippen LogP contribution in [0.1, 0.15) is 47.4 Å². The number of carbonyl (C=O) groups is 3. The molecule has 4 rings (SSSR count). The molecule has 0 radical (unpaired) electrons. The zero-order valence-corrected chi connectivity index (χ0v) is 19.7. The van der Waals surface area contributed by atoms with Gasteiger partial charge in [0.1, 0.15) is 5.82 Å². The Balaban J connectivity index is 1.52. The van der Waals surface area contributed by atoms with Crippen molar-refractivity contribution in [2.45, 2.75) is 26.7 Å². The van der Waals surface area contributed by atoms with Crippen molar-refractivity contribution in [3.8, 4) is 0 Å². The van der Waals surface area contributed by atoms with Gasteiger partial charge in [-0.2, -0.15) is 0 Å². The molecule has 2 aromatic carbocycles. The summed E-state index contributed by atoms with van der Waals surface area (Å²) in [5.41, 5.74) is 2.29. The molecular weight excluding hydrogens is 435 g/mol. The van der Waals surface area contributed by atoms with Crippen molar-refractivity contribution in [2.24, 2.45) is 5.92 Å². The van der Waals surface area contributed by atoms with Gasteiger partial charge in [0.05, 0.1) is 5.56 Å². The van der Waals surface area contributed by atoms with E-state index in [9.17, 15) is 18.8 Å². The Labute approximate surface area is 199 Å². The lowest BCUT2D eigenvalue weighted by Gasteiger charge is -2.37. The Morgan fingerprint density at radius 3 is 2.32 bits per heavy atom. The minimum Gasteiger partial charge on any atom is -0.367 e. The quantitative estimate of drug-likeness (QED) is 0.677. The molecule has 2 aromatic rings. The highest BCUT2D eigenvalue weighted by Gasteiger charge is 2.30. The molecule has 1 aliphatic carbocycles. The van der Waals surface area contributed by atoms with Gasteiger partial charge < -0.3 is 20.0 Å². The smallest absolute Gasteiger partial charge is 0.256 e. The summed E-state index contributed by atoms with van der Waals surface area (Å²) >= 11 is 0. The monoisotopic (exact) mass is 466 g/mol. The highest BCUT2D eigenvalue weighted by atomic mass is 19.1. The van der Waals surface area contributed by atoms with Gasteiger partial charge in [0, 0.05) is 62.1 Å². The van der Waals surface area contributed by atoms with E-state index in [1.165, 1.54) is 18.2 Å². The minimum atomic E-state index is -0.432. The van der Waals surface area contributed by atoms with E-state index in [0.717, 1.165) is 18.5 Å². The van der Waals surface area contributed by atoms with Crippen LogP contribution in [-0.4, -0.2) is 66.8 Å². The maximum atomic E-state index is 13.5. The fraction of sp³-hybridized carbons (Fsp3) is 0.423. The van der Waals surface area contributed by atoms with Gasteiger partial charge in [-0.25, -0.2) is 4.39 Å². The Morgan fingerprint density at radius 2 is 1.71 bits per heavy atom. The van der Waals surface area contributed by atoms with Gasteiger partial charge in [-0.15, -0.1) is 0 Å². The first-order valence-corrected chi connectivity index (χ1v) is 11.9. The maximum Gasteiger partial charge on any atom is 0.256 e. The van der Waals surface area contributed by atoms with E-state index in [1.807, 2.05) is 26.0 Å². The number of piperazine rings is 1. The predicted octanol–water partition coefficient (Wildman–Crippen LogP) is 3.62. The molecule has 1 saturated heterocycles. The maximum absolute atomic E-state index is 13.5. The van der Waals surface area contributed by atoms with Crippen LogP contribution in [0.5, 0.6) is 0 Å². The van der Waals surface area contributed by atoms with Crippen molar-refractivity contribution in [2.75, 3.05) is 49.5 Å². The molecule has 2 fully saturated rings. The standard InChI is InChI=1S/C26H31FN4O3/c1-3-29(4-2)26(34)22-17-21(28-24(32)18-8-9-18)10-11-23(22)30-12-14-31(15-13-30)25(33)19-6-5-7-20(27)16-19/h5-7,10-11,16-18H,3-4,8-9,12-15H2,1-2H3,(H,28,32). The van der Waals surface area contributed by atoms with Gasteiger partial charge in [-0.3, -0.25) is 14.4 Å². The minimum absolute atomic E-state index is 0.00142. The Hall–Kier alpha value is -3.42. The molecule has 3 amide bonds. The predicted molar refractivity (Wildman–Crippen MR) is 130 cm³/mol. The van der Waals surface area contributed by atoms with Crippen LogP contribution in [0, 0.1) is 11.7 Å². The zero-order valence-electron chi connectivity index (χ0n) is 19.7. The number of anilines is 2. The number of nitrogens with zero attached hydrogens (tertiary/aromatic N) is 3. The van der Waals surface area contributed by atoms with Crippen LogP contribution in [0.25, 0.3) is 0 Å². The van der Waals surface area contributed by atoms with Gasteiger partial charge >= 0.3 is 0 Å². The Kier molecular flexibility index (Phi) is 7.14. The zero-order chi connectivity index (χ0) is 24.2. The molecule has 8 heteroatoms. The lowest BCUT2D eigenvalue weighted by atomic mass is 10.1. The summed E-state index contributed by atoms with van der Waals surface area (Å²) in [5.74, 6) is -0.640. The third kappa shape index (κ3) is 5.21. The normalized spacial score (nSPS) is 15.7. The molecule has 2 aliphatic rings. The van der Waals surface area contributed by atoms with Crippen LogP contribution >= 0.6 is 0 Å². The fourth-order valence-electron chi connectivity index (χ4n) is 4.29. The number of halogens is 1.